The van der Waals surface area contributed by atoms with Gasteiger partial charge in [-0.2, -0.15) is 0 Å². The Labute approximate surface area is 165 Å². The van der Waals surface area contributed by atoms with E-state index in [-0.39, 0.29) is 11.5 Å². The highest BCUT2D eigenvalue weighted by atomic mass is 35.5. The predicted molar refractivity (Wildman–Crippen MR) is 109 cm³/mol. The molecule has 1 amide bonds. The van der Waals surface area contributed by atoms with Gasteiger partial charge < -0.3 is 9.88 Å². The summed E-state index contributed by atoms with van der Waals surface area (Å²) in [5.41, 5.74) is 0.366. The molecule has 0 aliphatic heterocycles. The van der Waals surface area contributed by atoms with Gasteiger partial charge in [-0.1, -0.05) is 50.6 Å². The SMILES string of the molecule is CCCN(Cc1nc2cc(Cl)ccc2c(=O)[nH]1)C(=O)CCC1CCCCC1. The number of fused-ring (bicyclic) bond motifs is 1. The first-order chi connectivity index (χ1) is 13.1. The van der Waals surface area contributed by atoms with Crippen LogP contribution in [0, 0.1) is 5.92 Å². The highest BCUT2D eigenvalue weighted by molar-refractivity contribution is 6.31. The fourth-order valence-electron chi connectivity index (χ4n) is 3.94. The Kier molecular flexibility index (Phi) is 6.89. The van der Waals surface area contributed by atoms with E-state index in [1.165, 1.54) is 32.1 Å². The number of aromatic amines is 1. The lowest BCUT2D eigenvalue weighted by molar-refractivity contribution is -0.132. The number of rotatable bonds is 7. The van der Waals surface area contributed by atoms with Crippen LogP contribution in [0.1, 0.15) is 64.1 Å². The average Bonchev–Trinajstić information content (AvgIpc) is 2.66. The molecule has 0 radical (unpaired) electrons. The van der Waals surface area contributed by atoms with Crippen LogP contribution >= 0.6 is 11.6 Å². The maximum absolute atomic E-state index is 12.8. The fourth-order valence-corrected chi connectivity index (χ4v) is 4.11. The van der Waals surface area contributed by atoms with Crippen molar-refractivity contribution in [2.45, 2.75) is 64.8 Å². The molecule has 27 heavy (non-hydrogen) atoms. The zero-order chi connectivity index (χ0) is 19.2. The number of aromatic nitrogens is 2. The maximum atomic E-state index is 12.8. The zero-order valence-corrected chi connectivity index (χ0v) is 16.7. The third-order valence-electron chi connectivity index (χ3n) is 5.40. The summed E-state index contributed by atoms with van der Waals surface area (Å²) in [6.45, 7) is 3.05. The minimum Gasteiger partial charge on any atom is -0.335 e. The lowest BCUT2D eigenvalue weighted by Crippen LogP contribution is -2.33. The van der Waals surface area contributed by atoms with Crippen LogP contribution in [0.4, 0.5) is 0 Å². The molecule has 1 fully saturated rings. The minimum absolute atomic E-state index is 0.149. The van der Waals surface area contributed by atoms with Crippen LogP contribution in [-0.2, 0) is 11.3 Å². The van der Waals surface area contributed by atoms with Crippen LogP contribution in [-0.4, -0.2) is 27.3 Å². The lowest BCUT2D eigenvalue weighted by atomic mass is 9.86. The number of amides is 1. The number of carbonyl (C=O) groups excluding carboxylic acids is 1. The number of benzene rings is 1. The van der Waals surface area contributed by atoms with Crippen molar-refractivity contribution < 1.29 is 4.79 Å². The standard InChI is InChI=1S/C21H28ClN3O2/c1-2-12-25(20(26)11-8-15-6-4-3-5-7-15)14-19-23-18-13-16(22)9-10-17(18)21(27)24-19/h9-10,13,15H,2-8,11-12,14H2,1H3,(H,23,24,27). The molecule has 1 N–H and O–H groups in total. The van der Waals surface area contributed by atoms with Crippen LogP contribution in [0.15, 0.2) is 23.0 Å². The van der Waals surface area contributed by atoms with Gasteiger partial charge in [-0.15, -0.1) is 0 Å². The van der Waals surface area contributed by atoms with Crippen LogP contribution in [0.2, 0.25) is 5.02 Å². The molecule has 0 spiro atoms. The van der Waals surface area contributed by atoms with E-state index in [1.54, 1.807) is 18.2 Å². The second kappa shape index (κ2) is 9.36. The van der Waals surface area contributed by atoms with Crippen molar-refractivity contribution in [3.8, 4) is 0 Å². The Balaban J connectivity index is 1.70. The Morgan fingerprint density at radius 3 is 2.81 bits per heavy atom. The van der Waals surface area contributed by atoms with Gasteiger partial charge in [0.15, 0.2) is 0 Å². The molecule has 0 unspecified atom stereocenters. The molecule has 0 bridgehead atoms. The first kappa shape index (κ1) is 19.9. The van der Waals surface area contributed by atoms with Gasteiger partial charge in [0.05, 0.1) is 17.4 Å². The fraction of sp³-hybridized carbons (Fsp3) is 0.571. The Morgan fingerprint density at radius 2 is 2.07 bits per heavy atom. The highest BCUT2D eigenvalue weighted by Crippen LogP contribution is 2.27. The second-order valence-electron chi connectivity index (χ2n) is 7.53. The molecule has 1 aliphatic carbocycles. The normalized spacial score (nSPS) is 15.2. The molecule has 1 saturated carbocycles. The van der Waals surface area contributed by atoms with Gasteiger partial charge in [0.2, 0.25) is 5.91 Å². The number of hydrogen-bond donors (Lipinski definition) is 1. The number of halogens is 1. The molecule has 3 rings (SSSR count). The molecule has 1 aliphatic rings. The number of nitrogens with one attached hydrogen (secondary N) is 1. The average molecular weight is 390 g/mol. The summed E-state index contributed by atoms with van der Waals surface area (Å²) in [4.78, 5) is 34.2. The van der Waals surface area contributed by atoms with E-state index in [2.05, 4.69) is 16.9 Å². The highest BCUT2D eigenvalue weighted by Gasteiger charge is 2.19. The smallest absolute Gasteiger partial charge is 0.258 e. The Bertz CT molecular complexity index is 843. The van der Waals surface area contributed by atoms with Gasteiger partial charge in [0, 0.05) is 18.0 Å². The Hall–Kier alpha value is -1.88. The van der Waals surface area contributed by atoms with Gasteiger partial charge in [-0.3, -0.25) is 9.59 Å². The molecule has 2 aromatic rings. The summed E-state index contributed by atoms with van der Waals surface area (Å²) in [6, 6.07) is 5.04. The van der Waals surface area contributed by atoms with Crippen molar-refractivity contribution in [3.05, 3.63) is 39.4 Å². The van der Waals surface area contributed by atoms with E-state index in [0.29, 0.717) is 47.2 Å². The van der Waals surface area contributed by atoms with Gasteiger partial charge >= 0.3 is 0 Å². The maximum Gasteiger partial charge on any atom is 0.258 e. The summed E-state index contributed by atoms with van der Waals surface area (Å²) < 4.78 is 0. The van der Waals surface area contributed by atoms with Gasteiger partial charge in [-0.05, 0) is 37.0 Å². The van der Waals surface area contributed by atoms with Gasteiger partial charge in [0.1, 0.15) is 5.82 Å². The number of H-pyrrole nitrogens is 1. The van der Waals surface area contributed by atoms with Gasteiger partial charge in [-0.25, -0.2) is 4.98 Å². The zero-order valence-electron chi connectivity index (χ0n) is 16.0. The number of hydrogen-bond acceptors (Lipinski definition) is 3. The topological polar surface area (TPSA) is 66.1 Å². The van der Waals surface area contributed by atoms with Crippen molar-refractivity contribution in [3.63, 3.8) is 0 Å². The molecule has 6 heteroatoms. The molecular formula is C21H28ClN3O2. The summed E-state index contributed by atoms with van der Waals surface area (Å²) in [6.07, 6.45) is 8.84. The van der Waals surface area contributed by atoms with Crippen LogP contribution in [0.5, 0.6) is 0 Å². The molecule has 5 nitrogen and oxygen atoms in total. The van der Waals surface area contributed by atoms with Crippen LogP contribution in [0.3, 0.4) is 0 Å². The molecular weight excluding hydrogens is 362 g/mol. The first-order valence-corrected chi connectivity index (χ1v) is 10.4. The van der Waals surface area contributed by atoms with E-state index >= 15 is 0 Å². The molecule has 146 valence electrons. The summed E-state index contributed by atoms with van der Waals surface area (Å²) in [5, 5.41) is 1.05. The van der Waals surface area contributed by atoms with E-state index in [0.717, 1.165) is 12.8 Å². The molecule has 1 aromatic heterocycles. The largest absolute Gasteiger partial charge is 0.335 e. The van der Waals surface area contributed by atoms with Crippen LogP contribution in [0.25, 0.3) is 10.9 Å². The second-order valence-corrected chi connectivity index (χ2v) is 7.97. The van der Waals surface area contributed by atoms with Gasteiger partial charge in [0.25, 0.3) is 5.56 Å². The predicted octanol–water partition coefficient (Wildman–Crippen LogP) is 4.68. The van der Waals surface area contributed by atoms with Crippen molar-refractivity contribution in [1.29, 1.82) is 0 Å². The van der Waals surface area contributed by atoms with Crippen LogP contribution < -0.4 is 5.56 Å². The Morgan fingerprint density at radius 1 is 1.30 bits per heavy atom. The summed E-state index contributed by atoms with van der Waals surface area (Å²) in [5.74, 6) is 1.34. The van der Waals surface area contributed by atoms with Crippen molar-refractivity contribution in [2.24, 2.45) is 5.92 Å². The molecule has 1 aromatic carbocycles. The molecule has 0 atom stereocenters. The lowest BCUT2D eigenvalue weighted by Gasteiger charge is -2.25. The number of nitrogens with zero attached hydrogens (tertiary/aromatic N) is 2. The third kappa shape index (κ3) is 5.32. The minimum atomic E-state index is -0.197. The quantitative estimate of drug-likeness (QED) is 0.747. The molecule has 1 heterocycles. The van der Waals surface area contributed by atoms with E-state index in [9.17, 15) is 9.59 Å². The number of carbonyl (C=O) groups is 1. The van der Waals surface area contributed by atoms with Crippen molar-refractivity contribution in [1.82, 2.24) is 14.9 Å². The van der Waals surface area contributed by atoms with Crippen molar-refractivity contribution in [2.75, 3.05) is 6.54 Å². The third-order valence-corrected chi connectivity index (χ3v) is 5.63. The summed E-state index contributed by atoms with van der Waals surface area (Å²) >= 11 is 6.03. The van der Waals surface area contributed by atoms with E-state index in [4.69, 9.17) is 11.6 Å². The van der Waals surface area contributed by atoms with Crippen molar-refractivity contribution >= 4 is 28.4 Å². The monoisotopic (exact) mass is 389 g/mol. The van der Waals surface area contributed by atoms with E-state index in [1.807, 2.05) is 4.90 Å². The summed E-state index contributed by atoms with van der Waals surface area (Å²) in [7, 11) is 0. The van der Waals surface area contributed by atoms with E-state index < -0.39 is 0 Å². The first-order valence-electron chi connectivity index (χ1n) is 10.0. The molecule has 0 saturated heterocycles.